The van der Waals surface area contributed by atoms with Gasteiger partial charge in [-0.2, -0.15) is 0 Å². The zero-order valence-corrected chi connectivity index (χ0v) is 9.77. The van der Waals surface area contributed by atoms with Gasteiger partial charge in [-0.05, 0) is 37.6 Å². The Morgan fingerprint density at radius 2 is 2.12 bits per heavy atom. The van der Waals surface area contributed by atoms with Crippen LogP contribution in [-0.4, -0.2) is 25.4 Å². The zero-order valence-electron chi connectivity index (χ0n) is 9.77. The number of benzene rings is 1. The van der Waals surface area contributed by atoms with Crippen molar-refractivity contribution in [2.45, 2.75) is 19.4 Å². The summed E-state index contributed by atoms with van der Waals surface area (Å²) in [7, 11) is 1.59. The SMILES string of the molecule is CCOc1cc([C@H](O)CCN)ccc1OC. The maximum absolute atomic E-state index is 9.80. The fraction of sp³-hybridized carbons (Fsp3) is 0.500. The number of hydrogen-bond donors (Lipinski definition) is 2. The van der Waals surface area contributed by atoms with Crippen LogP contribution in [0.25, 0.3) is 0 Å². The van der Waals surface area contributed by atoms with Crippen LogP contribution in [0.5, 0.6) is 11.5 Å². The molecule has 0 fully saturated rings. The lowest BCUT2D eigenvalue weighted by Gasteiger charge is -2.14. The third-order valence-electron chi connectivity index (χ3n) is 2.31. The third-order valence-corrected chi connectivity index (χ3v) is 2.31. The quantitative estimate of drug-likeness (QED) is 0.769. The Morgan fingerprint density at radius 1 is 1.38 bits per heavy atom. The molecule has 1 rings (SSSR count). The predicted molar refractivity (Wildman–Crippen MR) is 62.8 cm³/mol. The van der Waals surface area contributed by atoms with Crippen molar-refractivity contribution in [1.82, 2.24) is 0 Å². The normalized spacial score (nSPS) is 12.2. The van der Waals surface area contributed by atoms with Gasteiger partial charge < -0.3 is 20.3 Å². The molecular formula is C12H19NO3. The molecule has 0 heterocycles. The highest BCUT2D eigenvalue weighted by molar-refractivity contribution is 5.43. The van der Waals surface area contributed by atoms with Gasteiger partial charge in [0.05, 0.1) is 19.8 Å². The first-order valence-corrected chi connectivity index (χ1v) is 5.41. The molecule has 1 aromatic rings. The van der Waals surface area contributed by atoms with Crippen LogP contribution < -0.4 is 15.2 Å². The molecule has 16 heavy (non-hydrogen) atoms. The van der Waals surface area contributed by atoms with E-state index in [0.29, 0.717) is 31.1 Å². The van der Waals surface area contributed by atoms with E-state index in [1.807, 2.05) is 13.0 Å². The summed E-state index contributed by atoms with van der Waals surface area (Å²) < 4.78 is 10.6. The van der Waals surface area contributed by atoms with Gasteiger partial charge in [-0.15, -0.1) is 0 Å². The molecule has 0 spiro atoms. The van der Waals surface area contributed by atoms with E-state index in [2.05, 4.69) is 0 Å². The van der Waals surface area contributed by atoms with Gasteiger partial charge in [0.2, 0.25) is 0 Å². The van der Waals surface area contributed by atoms with E-state index >= 15 is 0 Å². The molecule has 0 bridgehead atoms. The van der Waals surface area contributed by atoms with E-state index in [-0.39, 0.29) is 0 Å². The van der Waals surface area contributed by atoms with Crippen molar-refractivity contribution >= 4 is 0 Å². The summed E-state index contributed by atoms with van der Waals surface area (Å²) in [6.07, 6.45) is -0.00662. The van der Waals surface area contributed by atoms with Gasteiger partial charge in [-0.1, -0.05) is 6.07 Å². The molecule has 3 N–H and O–H groups in total. The molecule has 0 radical (unpaired) electrons. The summed E-state index contributed by atoms with van der Waals surface area (Å²) in [5.41, 5.74) is 6.20. The Balaban J connectivity index is 2.91. The Labute approximate surface area is 96.0 Å². The number of hydrogen-bond acceptors (Lipinski definition) is 4. The Kier molecular flexibility index (Phi) is 5.08. The molecule has 0 saturated carbocycles. The summed E-state index contributed by atoms with van der Waals surface area (Å²) in [6.45, 7) is 2.92. The summed E-state index contributed by atoms with van der Waals surface area (Å²) in [5, 5.41) is 9.80. The maximum atomic E-state index is 9.80. The number of methoxy groups -OCH3 is 1. The second kappa shape index (κ2) is 6.35. The highest BCUT2D eigenvalue weighted by Gasteiger charge is 2.11. The van der Waals surface area contributed by atoms with Gasteiger partial charge in [0.15, 0.2) is 11.5 Å². The fourth-order valence-corrected chi connectivity index (χ4v) is 1.49. The van der Waals surface area contributed by atoms with Gasteiger partial charge >= 0.3 is 0 Å². The topological polar surface area (TPSA) is 64.7 Å². The summed E-state index contributed by atoms with van der Waals surface area (Å²) in [6, 6.07) is 5.41. The summed E-state index contributed by atoms with van der Waals surface area (Å²) in [5.74, 6) is 1.32. The van der Waals surface area contributed by atoms with Crippen LogP contribution in [0.4, 0.5) is 0 Å². The molecule has 90 valence electrons. The van der Waals surface area contributed by atoms with E-state index in [0.717, 1.165) is 5.56 Å². The van der Waals surface area contributed by atoms with E-state index in [1.54, 1.807) is 19.2 Å². The lowest BCUT2D eigenvalue weighted by molar-refractivity contribution is 0.169. The standard InChI is InChI=1S/C12H19NO3/c1-3-16-12-8-9(10(14)6-7-13)4-5-11(12)15-2/h4-5,8,10,14H,3,6-7,13H2,1-2H3/t10-/m1/s1. The lowest BCUT2D eigenvalue weighted by atomic mass is 10.1. The van der Waals surface area contributed by atoms with E-state index in [1.165, 1.54) is 0 Å². The zero-order chi connectivity index (χ0) is 12.0. The van der Waals surface area contributed by atoms with Crippen LogP contribution in [0.1, 0.15) is 25.0 Å². The molecule has 0 aliphatic carbocycles. The smallest absolute Gasteiger partial charge is 0.161 e. The van der Waals surface area contributed by atoms with Crippen molar-refractivity contribution in [2.75, 3.05) is 20.3 Å². The first-order valence-electron chi connectivity index (χ1n) is 5.41. The van der Waals surface area contributed by atoms with Crippen molar-refractivity contribution in [2.24, 2.45) is 5.73 Å². The lowest BCUT2D eigenvalue weighted by Crippen LogP contribution is -2.07. The van der Waals surface area contributed by atoms with Gasteiger partial charge in [-0.25, -0.2) is 0 Å². The van der Waals surface area contributed by atoms with Gasteiger partial charge in [0.25, 0.3) is 0 Å². The molecule has 0 unspecified atom stereocenters. The highest BCUT2D eigenvalue weighted by atomic mass is 16.5. The summed E-state index contributed by atoms with van der Waals surface area (Å²) in [4.78, 5) is 0. The van der Waals surface area contributed by atoms with Crippen LogP contribution >= 0.6 is 0 Å². The largest absolute Gasteiger partial charge is 0.493 e. The van der Waals surface area contributed by atoms with Crippen LogP contribution in [0.2, 0.25) is 0 Å². The monoisotopic (exact) mass is 225 g/mol. The van der Waals surface area contributed by atoms with Crippen LogP contribution in [0, 0.1) is 0 Å². The second-order valence-electron chi connectivity index (χ2n) is 3.44. The highest BCUT2D eigenvalue weighted by Crippen LogP contribution is 2.30. The molecule has 0 aliphatic heterocycles. The van der Waals surface area contributed by atoms with E-state index in [9.17, 15) is 5.11 Å². The van der Waals surface area contributed by atoms with Crippen molar-refractivity contribution in [3.8, 4) is 11.5 Å². The van der Waals surface area contributed by atoms with Crippen molar-refractivity contribution in [1.29, 1.82) is 0 Å². The number of nitrogens with two attached hydrogens (primary N) is 1. The Bertz CT molecular complexity index is 328. The molecule has 0 aliphatic rings. The maximum Gasteiger partial charge on any atom is 0.161 e. The van der Waals surface area contributed by atoms with Gasteiger partial charge in [0, 0.05) is 0 Å². The average Bonchev–Trinajstić information content (AvgIpc) is 2.29. The van der Waals surface area contributed by atoms with Gasteiger partial charge in [-0.3, -0.25) is 0 Å². The fourth-order valence-electron chi connectivity index (χ4n) is 1.49. The summed E-state index contributed by atoms with van der Waals surface area (Å²) >= 11 is 0. The average molecular weight is 225 g/mol. The van der Waals surface area contributed by atoms with Gasteiger partial charge in [0.1, 0.15) is 0 Å². The molecule has 0 amide bonds. The molecular weight excluding hydrogens is 206 g/mol. The van der Waals surface area contributed by atoms with Crippen molar-refractivity contribution in [3.63, 3.8) is 0 Å². The first kappa shape index (κ1) is 12.8. The van der Waals surface area contributed by atoms with Crippen LogP contribution in [-0.2, 0) is 0 Å². The molecule has 4 nitrogen and oxygen atoms in total. The number of aliphatic hydroxyl groups excluding tert-OH is 1. The van der Waals surface area contributed by atoms with Crippen molar-refractivity contribution in [3.05, 3.63) is 23.8 Å². The molecule has 1 aromatic carbocycles. The van der Waals surface area contributed by atoms with Crippen molar-refractivity contribution < 1.29 is 14.6 Å². The predicted octanol–water partition coefficient (Wildman–Crippen LogP) is 1.48. The molecule has 0 saturated heterocycles. The molecule has 4 heteroatoms. The number of ether oxygens (including phenoxy) is 2. The molecule has 0 aromatic heterocycles. The minimum Gasteiger partial charge on any atom is -0.493 e. The first-order chi connectivity index (χ1) is 7.72. The van der Waals surface area contributed by atoms with E-state index < -0.39 is 6.10 Å². The number of aliphatic hydroxyl groups is 1. The van der Waals surface area contributed by atoms with E-state index in [4.69, 9.17) is 15.2 Å². The third kappa shape index (κ3) is 3.12. The Morgan fingerprint density at radius 3 is 2.69 bits per heavy atom. The second-order valence-corrected chi connectivity index (χ2v) is 3.44. The number of rotatable bonds is 6. The minimum atomic E-state index is -0.546. The minimum absolute atomic E-state index is 0.456. The Hall–Kier alpha value is -1.26. The van der Waals surface area contributed by atoms with Crippen LogP contribution in [0.15, 0.2) is 18.2 Å². The van der Waals surface area contributed by atoms with Crippen LogP contribution in [0.3, 0.4) is 0 Å². The molecule has 1 atom stereocenters.